The van der Waals surface area contributed by atoms with E-state index in [0.29, 0.717) is 11.0 Å². The number of hydrogen-bond acceptors (Lipinski definition) is 1. The van der Waals surface area contributed by atoms with Crippen LogP contribution >= 0.6 is 12.4 Å². The molecule has 0 bridgehead atoms. The van der Waals surface area contributed by atoms with Gasteiger partial charge < -0.3 is 0 Å². The smallest absolute Gasteiger partial charge is 0.0460 e. The van der Waals surface area contributed by atoms with Crippen LogP contribution in [0, 0.1) is 5.41 Å². The average molecular weight is 348 g/mol. The number of halogens is 1. The lowest BCUT2D eigenvalue weighted by atomic mass is 9.66. The van der Waals surface area contributed by atoms with Gasteiger partial charge in [-0.15, -0.1) is 12.4 Å². The quantitative estimate of drug-likeness (QED) is 0.605. The zero-order chi connectivity index (χ0) is 15.6. The lowest BCUT2D eigenvalue weighted by Crippen LogP contribution is -2.55. The van der Waals surface area contributed by atoms with Crippen molar-refractivity contribution in [1.82, 2.24) is 4.90 Å². The maximum atomic E-state index is 2.95. The molecular formula is C22H34ClN. The zero-order valence-corrected chi connectivity index (χ0v) is 16.0. The molecule has 0 atom stereocenters. The second-order valence-electron chi connectivity index (χ2n) is 8.54. The molecule has 1 spiro atoms. The topological polar surface area (TPSA) is 3.24 Å². The summed E-state index contributed by atoms with van der Waals surface area (Å²) < 4.78 is 0. The highest BCUT2D eigenvalue weighted by atomic mass is 35.5. The van der Waals surface area contributed by atoms with Gasteiger partial charge in [-0.1, -0.05) is 68.9 Å². The van der Waals surface area contributed by atoms with E-state index in [1.165, 1.54) is 90.1 Å². The lowest BCUT2D eigenvalue weighted by Gasteiger charge is -2.54. The highest BCUT2D eigenvalue weighted by Crippen LogP contribution is 2.49. The Balaban J connectivity index is 0.00000169. The first-order valence-corrected chi connectivity index (χ1v) is 10.1. The predicted octanol–water partition coefficient (Wildman–Crippen LogP) is 6.31. The van der Waals surface area contributed by atoms with Gasteiger partial charge in [-0.3, -0.25) is 4.90 Å². The lowest BCUT2D eigenvalue weighted by molar-refractivity contribution is -0.0372. The third kappa shape index (κ3) is 3.40. The van der Waals surface area contributed by atoms with Crippen LogP contribution in [-0.4, -0.2) is 18.0 Å². The van der Waals surface area contributed by atoms with E-state index in [2.05, 4.69) is 35.2 Å². The van der Waals surface area contributed by atoms with Gasteiger partial charge in [0.25, 0.3) is 0 Å². The van der Waals surface area contributed by atoms with E-state index in [1.807, 2.05) is 0 Å². The van der Waals surface area contributed by atoms with Crippen LogP contribution in [0.2, 0.25) is 0 Å². The molecule has 2 aliphatic carbocycles. The van der Waals surface area contributed by atoms with Crippen LogP contribution in [-0.2, 0) is 5.54 Å². The molecule has 1 aromatic carbocycles. The summed E-state index contributed by atoms with van der Waals surface area (Å²) >= 11 is 0. The van der Waals surface area contributed by atoms with E-state index in [9.17, 15) is 0 Å². The Morgan fingerprint density at radius 1 is 0.667 bits per heavy atom. The number of benzene rings is 1. The monoisotopic (exact) mass is 347 g/mol. The Bertz CT molecular complexity index is 494. The minimum Gasteiger partial charge on any atom is -0.293 e. The molecule has 1 heterocycles. The number of piperidine rings is 1. The fourth-order valence-electron chi connectivity index (χ4n) is 5.96. The summed E-state index contributed by atoms with van der Waals surface area (Å²) in [6, 6.07) is 11.5. The van der Waals surface area contributed by atoms with Crippen molar-refractivity contribution in [3.8, 4) is 0 Å². The third-order valence-electron chi connectivity index (χ3n) is 7.17. The molecule has 1 aromatic rings. The molecule has 2 heteroatoms. The molecule has 1 nitrogen and oxygen atoms in total. The second kappa shape index (κ2) is 7.79. The summed E-state index contributed by atoms with van der Waals surface area (Å²) in [5.41, 5.74) is 2.62. The minimum absolute atomic E-state index is 0. The Hall–Kier alpha value is -0.530. The van der Waals surface area contributed by atoms with Gasteiger partial charge in [-0.2, -0.15) is 0 Å². The van der Waals surface area contributed by atoms with Crippen molar-refractivity contribution >= 4 is 12.4 Å². The summed E-state index contributed by atoms with van der Waals surface area (Å²) in [7, 11) is 0. The molecule has 0 aromatic heterocycles. The van der Waals surface area contributed by atoms with E-state index < -0.39 is 0 Å². The number of likely N-dealkylation sites (tertiary alicyclic amines) is 1. The van der Waals surface area contributed by atoms with Crippen LogP contribution in [0.15, 0.2) is 30.3 Å². The molecular weight excluding hydrogens is 314 g/mol. The van der Waals surface area contributed by atoms with E-state index in [1.54, 1.807) is 5.56 Å². The maximum absolute atomic E-state index is 2.95. The number of rotatable bonds is 2. The van der Waals surface area contributed by atoms with Crippen molar-refractivity contribution in [2.45, 2.75) is 82.6 Å². The molecule has 3 fully saturated rings. The fraction of sp³-hybridized carbons (Fsp3) is 0.727. The Labute approximate surface area is 154 Å². The first-order chi connectivity index (χ1) is 11.3. The van der Waals surface area contributed by atoms with Crippen molar-refractivity contribution in [2.24, 2.45) is 5.41 Å². The predicted molar refractivity (Wildman–Crippen MR) is 105 cm³/mol. The SMILES string of the molecule is Cl.c1ccc(C2(N3CCCC4(CCCCC4)C3)CCCCC2)cc1. The molecule has 0 radical (unpaired) electrons. The van der Waals surface area contributed by atoms with E-state index >= 15 is 0 Å². The average Bonchev–Trinajstić information content (AvgIpc) is 2.64. The van der Waals surface area contributed by atoms with Crippen LogP contribution < -0.4 is 0 Å². The first-order valence-electron chi connectivity index (χ1n) is 10.1. The molecule has 0 amide bonds. The summed E-state index contributed by atoms with van der Waals surface area (Å²) in [6.07, 6.45) is 17.4. The van der Waals surface area contributed by atoms with Crippen LogP contribution in [0.4, 0.5) is 0 Å². The minimum atomic E-state index is 0. The summed E-state index contributed by atoms with van der Waals surface area (Å²) in [4.78, 5) is 2.95. The maximum Gasteiger partial charge on any atom is 0.0460 e. The molecule has 0 N–H and O–H groups in total. The van der Waals surface area contributed by atoms with E-state index in [0.717, 1.165) is 0 Å². The standard InChI is InChI=1S/C22H33N.ClH/c1-4-11-20(12-5-1)22(16-8-3-9-17-22)23-18-10-15-21(19-23)13-6-2-7-14-21;/h1,4-5,11-12H,2-3,6-10,13-19H2;1H. The Morgan fingerprint density at radius 2 is 1.25 bits per heavy atom. The summed E-state index contributed by atoms with van der Waals surface area (Å²) in [5.74, 6) is 0. The van der Waals surface area contributed by atoms with Gasteiger partial charge in [0.2, 0.25) is 0 Å². The van der Waals surface area contributed by atoms with Crippen LogP contribution in [0.25, 0.3) is 0 Å². The fourth-order valence-corrected chi connectivity index (χ4v) is 5.96. The van der Waals surface area contributed by atoms with Crippen molar-refractivity contribution < 1.29 is 0 Å². The van der Waals surface area contributed by atoms with Gasteiger partial charge in [-0.25, -0.2) is 0 Å². The third-order valence-corrected chi connectivity index (χ3v) is 7.17. The Kier molecular flexibility index (Phi) is 5.93. The largest absolute Gasteiger partial charge is 0.293 e. The molecule has 0 unspecified atom stereocenters. The molecule has 2 saturated carbocycles. The molecule has 1 aliphatic heterocycles. The number of nitrogens with zero attached hydrogens (tertiary/aromatic N) is 1. The second-order valence-corrected chi connectivity index (χ2v) is 8.54. The highest BCUT2D eigenvalue weighted by Gasteiger charge is 2.45. The van der Waals surface area contributed by atoms with Gasteiger partial charge in [0, 0.05) is 12.1 Å². The van der Waals surface area contributed by atoms with E-state index in [-0.39, 0.29) is 12.4 Å². The van der Waals surface area contributed by atoms with Crippen LogP contribution in [0.1, 0.15) is 82.6 Å². The summed E-state index contributed by atoms with van der Waals surface area (Å²) in [6.45, 7) is 2.71. The molecule has 1 saturated heterocycles. The highest BCUT2D eigenvalue weighted by molar-refractivity contribution is 5.85. The van der Waals surface area contributed by atoms with Gasteiger partial charge in [-0.05, 0) is 56.0 Å². The van der Waals surface area contributed by atoms with Crippen LogP contribution in [0.3, 0.4) is 0 Å². The van der Waals surface area contributed by atoms with E-state index in [4.69, 9.17) is 0 Å². The molecule has 24 heavy (non-hydrogen) atoms. The first kappa shape index (κ1) is 18.3. The number of hydrogen-bond donors (Lipinski definition) is 0. The van der Waals surface area contributed by atoms with Crippen molar-refractivity contribution in [3.63, 3.8) is 0 Å². The van der Waals surface area contributed by atoms with Gasteiger partial charge in [0.05, 0.1) is 0 Å². The van der Waals surface area contributed by atoms with Gasteiger partial charge in [0.1, 0.15) is 0 Å². The van der Waals surface area contributed by atoms with Crippen molar-refractivity contribution in [1.29, 1.82) is 0 Å². The normalized spacial score (nSPS) is 26.7. The van der Waals surface area contributed by atoms with Crippen LogP contribution in [0.5, 0.6) is 0 Å². The summed E-state index contributed by atoms with van der Waals surface area (Å²) in [5, 5.41) is 0. The van der Waals surface area contributed by atoms with Crippen molar-refractivity contribution in [3.05, 3.63) is 35.9 Å². The molecule has 4 rings (SSSR count). The van der Waals surface area contributed by atoms with Crippen molar-refractivity contribution in [2.75, 3.05) is 13.1 Å². The molecule has 3 aliphatic rings. The Morgan fingerprint density at radius 3 is 1.92 bits per heavy atom. The van der Waals surface area contributed by atoms with Gasteiger partial charge in [0.15, 0.2) is 0 Å². The van der Waals surface area contributed by atoms with Gasteiger partial charge >= 0.3 is 0 Å². The zero-order valence-electron chi connectivity index (χ0n) is 15.1. The molecule has 134 valence electrons.